The number of ether oxygens (including phenoxy) is 1. The monoisotopic (exact) mass is 225 g/mol. The minimum atomic E-state index is 0.113. The molecule has 0 radical (unpaired) electrons. The van der Waals surface area contributed by atoms with Crippen molar-refractivity contribution in [1.29, 1.82) is 0 Å². The third kappa shape index (κ3) is 2.78. The Hall–Kier alpha value is -0.0800. The fourth-order valence-corrected chi connectivity index (χ4v) is 2.82. The van der Waals surface area contributed by atoms with Gasteiger partial charge in [0.1, 0.15) is 0 Å². The molecule has 1 atom stereocenters. The minimum Gasteiger partial charge on any atom is -0.371 e. The van der Waals surface area contributed by atoms with Crippen LogP contribution in [0.2, 0.25) is 0 Å². The van der Waals surface area contributed by atoms with Gasteiger partial charge in [0.15, 0.2) is 0 Å². The van der Waals surface area contributed by atoms with Gasteiger partial charge < -0.3 is 10.1 Å². The van der Waals surface area contributed by atoms with Gasteiger partial charge in [-0.05, 0) is 50.9 Å². The normalized spacial score (nSPS) is 30.9. The van der Waals surface area contributed by atoms with Gasteiger partial charge in [0.25, 0.3) is 0 Å². The number of hydrogen-bond acceptors (Lipinski definition) is 2. The lowest BCUT2D eigenvalue weighted by molar-refractivity contribution is -0.0147. The van der Waals surface area contributed by atoms with Crippen molar-refractivity contribution in [2.24, 2.45) is 11.3 Å². The maximum absolute atomic E-state index is 5.98. The van der Waals surface area contributed by atoms with Gasteiger partial charge in [0.05, 0.1) is 11.7 Å². The van der Waals surface area contributed by atoms with Crippen molar-refractivity contribution in [3.63, 3.8) is 0 Å². The van der Waals surface area contributed by atoms with Crippen LogP contribution in [0, 0.1) is 11.3 Å². The molecule has 0 aromatic heterocycles. The van der Waals surface area contributed by atoms with Gasteiger partial charge in [-0.15, -0.1) is 0 Å². The van der Waals surface area contributed by atoms with Crippen LogP contribution < -0.4 is 5.32 Å². The Bertz CT molecular complexity index is 243. The standard InChI is InChI=1S/C14H27NO/c1-11(2)14(7-8-14)10-15-9-12-5-6-13(3,4)16-12/h11-12,15H,5-10H2,1-4H3. The molecule has 1 aliphatic carbocycles. The zero-order chi connectivity index (χ0) is 11.8. The summed E-state index contributed by atoms with van der Waals surface area (Å²) in [4.78, 5) is 0. The topological polar surface area (TPSA) is 21.3 Å². The maximum Gasteiger partial charge on any atom is 0.0707 e. The third-order valence-electron chi connectivity index (χ3n) is 4.52. The summed E-state index contributed by atoms with van der Waals surface area (Å²) in [7, 11) is 0. The molecule has 2 rings (SSSR count). The molecule has 1 N–H and O–H groups in total. The van der Waals surface area contributed by atoms with E-state index in [1.54, 1.807) is 0 Å². The molecule has 0 aromatic carbocycles. The summed E-state index contributed by atoms with van der Waals surface area (Å²) in [6, 6.07) is 0. The van der Waals surface area contributed by atoms with Gasteiger partial charge in [0, 0.05) is 13.1 Å². The van der Waals surface area contributed by atoms with Crippen LogP contribution in [-0.4, -0.2) is 24.8 Å². The van der Waals surface area contributed by atoms with E-state index in [2.05, 4.69) is 33.0 Å². The Morgan fingerprint density at radius 3 is 2.38 bits per heavy atom. The second-order valence-corrected chi connectivity index (χ2v) is 6.69. The Kier molecular flexibility index (Phi) is 3.33. The molecular formula is C14H27NO. The number of hydrogen-bond donors (Lipinski definition) is 1. The molecule has 2 heteroatoms. The van der Waals surface area contributed by atoms with Crippen LogP contribution >= 0.6 is 0 Å². The molecule has 94 valence electrons. The molecule has 1 saturated heterocycles. The SMILES string of the molecule is CC(C)C1(CNCC2CCC(C)(C)O2)CC1. The third-order valence-corrected chi connectivity index (χ3v) is 4.52. The fourth-order valence-electron chi connectivity index (χ4n) is 2.82. The molecule has 1 heterocycles. The Morgan fingerprint density at radius 2 is 1.94 bits per heavy atom. The van der Waals surface area contributed by atoms with Crippen LogP contribution in [0.3, 0.4) is 0 Å². The largest absolute Gasteiger partial charge is 0.371 e. The Labute approximate surface area is 100 Å². The lowest BCUT2D eigenvalue weighted by atomic mass is 9.92. The smallest absolute Gasteiger partial charge is 0.0707 e. The highest BCUT2D eigenvalue weighted by Crippen LogP contribution is 2.51. The van der Waals surface area contributed by atoms with E-state index in [9.17, 15) is 0 Å². The molecule has 0 spiro atoms. The average Bonchev–Trinajstić information content (AvgIpc) is 2.88. The molecule has 1 saturated carbocycles. The molecule has 0 aromatic rings. The highest BCUT2D eigenvalue weighted by atomic mass is 16.5. The molecule has 2 fully saturated rings. The van der Waals surface area contributed by atoms with Crippen LogP contribution in [0.4, 0.5) is 0 Å². The summed E-state index contributed by atoms with van der Waals surface area (Å²) in [6.45, 7) is 11.3. The Balaban J connectivity index is 1.66. The number of rotatable bonds is 5. The summed E-state index contributed by atoms with van der Waals surface area (Å²) in [6.07, 6.45) is 5.69. The highest BCUT2D eigenvalue weighted by molar-refractivity contribution is 4.97. The van der Waals surface area contributed by atoms with E-state index < -0.39 is 0 Å². The van der Waals surface area contributed by atoms with E-state index in [4.69, 9.17) is 4.74 Å². The summed E-state index contributed by atoms with van der Waals surface area (Å²) in [5.41, 5.74) is 0.732. The van der Waals surface area contributed by atoms with Crippen molar-refractivity contribution in [3.05, 3.63) is 0 Å². The van der Waals surface area contributed by atoms with Crippen LogP contribution in [0.25, 0.3) is 0 Å². The molecule has 16 heavy (non-hydrogen) atoms. The zero-order valence-corrected chi connectivity index (χ0v) is 11.3. The zero-order valence-electron chi connectivity index (χ0n) is 11.3. The molecule has 2 aliphatic rings. The van der Waals surface area contributed by atoms with E-state index in [1.807, 2.05) is 0 Å². The van der Waals surface area contributed by atoms with Crippen molar-refractivity contribution in [3.8, 4) is 0 Å². The quantitative estimate of drug-likeness (QED) is 0.776. The minimum absolute atomic E-state index is 0.113. The van der Waals surface area contributed by atoms with E-state index in [-0.39, 0.29) is 5.60 Å². The van der Waals surface area contributed by atoms with E-state index in [0.717, 1.165) is 12.5 Å². The second-order valence-electron chi connectivity index (χ2n) is 6.69. The first-order chi connectivity index (χ1) is 7.44. The molecule has 2 nitrogen and oxygen atoms in total. The van der Waals surface area contributed by atoms with E-state index in [1.165, 1.54) is 32.2 Å². The summed E-state index contributed by atoms with van der Waals surface area (Å²) < 4.78 is 5.98. The molecule has 0 bridgehead atoms. The van der Waals surface area contributed by atoms with E-state index in [0.29, 0.717) is 11.5 Å². The van der Waals surface area contributed by atoms with Crippen molar-refractivity contribution < 1.29 is 4.74 Å². The summed E-state index contributed by atoms with van der Waals surface area (Å²) in [5, 5.41) is 3.62. The second kappa shape index (κ2) is 4.30. The van der Waals surface area contributed by atoms with Crippen molar-refractivity contribution >= 4 is 0 Å². The highest BCUT2D eigenvalue weighted by Gasteiger charge is 2.44. The van der Waals surface area contributed by atoms with Crippen LogP contribution in [-0.2, 0) is 4.74 Å². The predicted octanol–water partition coefficient (Wildman–Crippen LogP) is 2.97. The molecule has 1 aliphatic heterocycles. The fraction of sp³-hybridized carbons (Fsp3) is 1.00. The molecular weight excluding hydrogens is 198 g/mol. The first kappa shape index (κ1) is 12.4. The molecule has 0 amide bonds. The maximum atomic E-state index is 5.98. The lowest BCUT2D eigenvalue weighted by Gasteiger charge is -2.23. The van der Waals surface area contributed by atoms with Gasteiger partial charge in [-0.2, -0.15) is 0 Å². The lowest BCUT2D eigenvalue weighted by Crippen LogP contribution is -2.34. The van der Waals surface area contributed by atoms with Gasteiger partial charge >= 0.3 is 0 Å². The van der Waals surface area contributed by atoms with Gasteiger partial charge in [-0.25, -0.2) is 0 Å². The van der Waals surface area contributed by atoms with Crippen molar-refractivity contribution in [2.75, 3.05) is 13.1 Å². The van der Waals surface area contributed by atoms with Crippen LogP contribution in [0.1, 0.15) is 53.4 Å². The average molecular weight is 225 g/mol. The van der Waals surface area contributed by atoms with Crippen LogP contribution in [0.5, 0.6) is 0 Å². The first-order valence-electron chi connectivity index (χ1n) is 6.82. The number of nitrogens with one attached hydrogen (secondary N) is 1. The van der Waals surface area contributed by atoms with Crippen molar-refractivity contribution in [2.45, 2.75) is 65.1 Å². The van der Waals surface area contributed by atoms with Gasteiger partial charge in [-0.1, -0.05) is 13.8 Å². The van der Waals surface area contributed by atoms with Gasteiger partial charge in [-0.3, -0.25) is 0 Å². The van der Waals surface area contributed by atoms with E-state index >= 15 is 0 Å². The summed E-state index contributed by atoms with van der Waals surface area (Å²) in [5.74, 6) is 0.820. The van der Waals surface area contributed by atoms with Crippen LogP contribution in [0.15, 0.2) is 0 Å². The van der Waals surface area contributed by atoms with Gasteiger partial charge in [0.2, 0.25) is 0 Å². The Morgan fingerprint density at radius 1 is 1.25 bits per heavy atom. The first-order valence-corrected chi connectivity index (χ1v) is 6.82. The predicted molar refractivity (Wildman–Crippen MR) is 67.6 cm³/mol. The van der Waals surface area contributed by atoms with Crippen molar-refractivity contribution in [1.82, 2.24) is 5.32 Å². The molecule has 1 unspecified atom stereocenters. The summed E-state index contributed by atoms with van der Waals surface area (Å²) >= 11 is 0.